The van der Waals surface area contributed by atoms with Crippen molar-refractivity contribution in [3.8, 4) is 0 Å². The average Bonchev–Trinajstić information content (AvgIpc) is 2.82. The molecule has 0 aromatic carbocycles. The molecule has 0 aliphatic carbocycles. The van der Waals surface area contributed by atoms with Crippen LogP contribution >= 0.6 is 0 Å². The van der Waals surface area contributed by atoms with Crippen LogP contribution in [0.5, 0.6) is 0 Å². The van der Waals surface area contributed by atoms with Gasteiger partial charge in [-0.25, -0.2) is 0 Å². The molecule has 0 aromatic heterocycles. The molecule has 1 atom stereocenters. The number of hydroxylamine groups is 2. The van der Waals surface area contributed by atoms with Crippen LogP contribution in [0.4, 0.5) is 0 Å². The molecular weight excluding hydrogens is 228 g/mol. The Morgan fingerprint density at radius 1 is 1.50 bits per heavy atom. The molecule has 0 N–H and O–H groups in total. The van der Waals surface area contributed by atoms with E-state index in [4.69, 9.17) is 4.84 Å². The van der Waals surface area contributed by atoms with E-state index in [1.165, 1.54) is 11.5 Å². The molecular formula is C13H20N4O. The van der Waals surface area contributed by atoms with E-state index in [1.807, 2.05) is 5.06 Å². The number of allylic oxidation sites excluding steroid dienone is 1. The highest BCUT2D eigenvalue weighted by Gasteiger charge is 2.37. The summed E-state index contributed by atoms with van der Waals surface area (Å²) in [5.41, 5.74) is 1.18. The zero-order valence-electron chi connectivity index (χ0n) is 11.0. The number of hydrogen-bond donors (Lipinski definition) is 0. The van der Waals surface area contributed by atoms with Crippen LogP contribution in [-0.4, -0.2) is 54.0 Å². The van der Waals surface area contributed by atoms with E-state index >= 15 is 0 Å². The highest BCUT2D eigenvalue weighted by atomic mass is 16.7. The first-order chi connectivity index (χ1) is 8.83. The highest BCUT2D eigenvalue weighted by Crippen LogP contribution is 2.31. The lowest BCUT2D eigenvalue weighted by molar-refractivity contribution is -0.121. The molecule has 0 bridgehead atoms. The molecule has 0 spiro atoms. The number of rotatable bonds is 3. The number of fused-ring (bicyclic) bond motifs is 2. The Kier molecular flexibility index (Phi) is 3.09. The first-order valence-electron chi connectivity index (χ1n) is 6.59. The third-order valence-electron chi connectivity index (χ3n) is 3.63. The van der Waals surface area contributed by atoms with E-state index in [-0.39, 0.29) is 0 Å². The van der Waals surface area contributed by atoms with Crippen molar-refractivity contribution >= 4 is 6.21 Å². The van der Waals surface area contributed by atoms with Gasteiger partial charge in [0.05, 0.1) is 32.1 Å². The Bertz CT molecular complexity index is 415. The van der Waals surface area contributed by atoms with Crippen molar-refractivity contribution in [2.24, 2.45) is 4.99 Å². The van der Waals surface area contributed by atoms with Gasteiger partial charge in [0.25, 0.3) is 0 Å². The van der Waals surface area contributed by atoms with Crippen molar-refractivity contribution < 1.29 is 4.84 Å². The van der Waals surface area contributed by atoms with Gasteiger partial charge in [-0.1, -0.05) is 13.0 Å². The molecule has 5 heteroatoms. The Morgan fingerprint density at radius 3 is 3.17 bits per heavy atom. The zero-order chi connectivity index (χ0) is 12.5. The lowest BCUT2D eigenvalue weighted by atomic mass is 10.1. The van der Waals surface area contributed by atoms with Gasteiger partial charge in [0.2, 0.25) is 0 Å². The number of aliphatic imine (C=N–C) groups is 1. The van der Waals surface area contributed by atoms with Crippen LogP contribution in [0.2, 0.25) is 0 Å². The Hall–Kier alpha value is -1.33. The van der Waals surface area contributed by atoms with Crippen molar-refractivity contribution in [3.05, 3.63) is 23.8 Å². The molecule has 1 fully saturated rings. The smallest absolute Gasteiger partial charge is 0.132 e. The summed E-state index contributed by atoms with van der Waals surface area (Å²) in [6.45, 7) is 4.96. The third kappa shape index (κ3) is 1.83. The Balaban J connectivity index is 1.88. The molecule has 3 heterocycles. The lowest BCUT2D eigenvalue weighted by Crippen LogP contribution is -2.42. The van der Waals surface area contributed by atoms with E-state index in [0.717, 1.165) is 32.6 Å². The van der Waals surface area contributed by atoms with Gasteiger partial charge in [0.15, 0.2) is 0 Å². The minimum atomic E-state index is 0.342. The number of hydrogen-bond acceptors (Lipinski definition) is 5. The van der Waals surface area contributed by atoms with Crippen molar-refractivity contribution in [1.82, 2.24) is 14.9 Å². The van der Waals surface area contributed by atoms with Crippen LogP contribution in [0.1, 0.15) is 19.8 Å². The topological polar surface area (TPSA) is 31.3 Å². The second-order valence-corrected chi connectivity index (χ2v) is 4.86. The standard InChI is InChI=1S/C13H20N4O/c1-3-6-15-7-4-5-12-13(15)17-10-16(18-2)9-11(17)8-14-12/h4,7-8,11H,3,5-6,9-10H2,1-2H3. The fourth-order valence-corrected chi connectivity index (χ4v) is 2.78. The van der Waals surface area contributed by atoms with Crippen molar-refractivity contribution in [2.45, 2.75) is 25.8 Å². The normalized spacial score (nSPS) is 26.9. The maximum Gasteiger partial charge on any atom is 0.132 e. The molecule has 1 saturated heterocycles. The van der Waals surface area contributed by atoms with Crippen LogP contribution in [0.15, 0.2) is 28.8 Å². The van der Waals surface area contributed by atoms with Crippen LogP contribution in [-0.2, 0) is 4.84 Å². The van der Waals surface area contributed by atoms with Crippen LogP contribution in [0.3, 0.4) is 0 Å². The van der Waals surface area contributed by atoms with Gasteiger partial charge in [-0.2, -0.15) is 5.06 Å². The fourth-order valence-electron chi connectivity index (χ4n) is 2.78. The molecule has 3 aliphatic rings. The number of nitrogens with zero attached hydrogens (tertiary/aromatic N) is 4. The summed E-state index contributed by atoms with van der Waals surface area (Å²) in [5, 5.41) is 1.98. The van der Waals surface area contributed by atoms with Gasteiger partial charge in [-0.3, -0.25) is 4.99 Å². The summed E-state index contributed by atoms with van der Waals surface area (Å²) in [5.74, 6) is 1.27. The molecule has 0 aromatic rings. The van der Waals surface area contributed by atoms with E-state index in [9.17, 15) is 0 Å². The molecule has 0 amide bonds. The maximum absolute atomic E-state index is 5.35. The molecule has 18 heavy (non-hydrogen) atoms. The van der Waals surface area contributed by atoms with Crippen molar-refractivity contribution in [2.75, 3.05) is 26.9 Å². The molecule has 0 radical (unpaired) electrons. The molecule has 3 aliphatic heterocycles. The van der Waals surface area contributed by atoms with Crippen LogP contribution in [0.25, 0.3) is 0 Å². The predicted octanol–water partition coefficient (Wildman–Crippen LogP) is 1.37. The SMILES string of the molecule is CCCN1C=CCC2=C1N1CN(OC)CC1C=N2. The van der Waals surface area contributed by atoms with Gasteiger partial charge in [0, 0.05) is 25.4 Å². The van der Waals surface area contributed by atoms with E-state index in [2.05, 4.69) is 40.2 Å². The van der Waals surface area contributed by atoms with Gasteiger partial charge in [0.1, 0.15) is 5.82 Å². The zero-order valence-corrected chi connectivity index (χ0v) is 11.0. The Morgan fingerprint density at radius 2 is 2.39 bits per heavy atom. The quantitative estimate of drug-likeness (QED) is 0.755. The summed E-state index contributed by atoms with van der Waals surface area (Å²) in [7, 11) is 1.73. The second kappa shape index (κ2) is 4.74. The van der Waals surface area contributed by atoms with Crippen LogP contribution in [0, 0.1) is 0 Å². The highest BCUT2D eigenvalue weighted by molar-refractivity contribution is 5.69. The minimum Gasteiger partial charge on any atom is -0.333 e. The van der Waals surface area contributed by atoms with Gasteiger partial charge in [-0.05, 0) is 6.42 Å². The van der Waals surface area contributed by atoms with E-state index in [0.29, 0.717) is 6.04 Å². The first kappa shape index (κ1) is 11.7. The van der Waals surface area contributed by atoms with Crippen molar-refractivity contribution in [1.29, 1.82) is 0 Å². The summed E-state index contributed by atoms with van der Waals surface area (Å²) < 4.78 is 0. The first-order valence-corrected chi connectivity index (χ1v) is 6.59. The molecule has 1 unspecified atom stereocenters. The minimum absolute atomic E-state index is 0.342. The van der Waals surface area contributed by atoms with E-state index < -0.39 is 0 Å². The van der Waals surface area contributed by atoms with E-state index in [1.54, 1.807) is 7.11 Å². The summed E-state index contributed by atoms with van der Waals surface area (Å²) in [4.78, 5) is 14.7. The monoisotopic (exact) mass is 248 g/mol. The molecule has 5 nitrogen and oxygen atoms in total. The summed E-state index contributed by atoms with van der Waals surface area (Å²) >= 11 is 0. The maximum atomic E-state index is 5.35. The second-order valence-electron chi connectivity index (χ2n) is 4.86. The average molecular weight is 248 g/mol. The molecule has 98 valence electrons. The Labute approximate surface area is 108 Å². The fraction of sp³-hybridized carbons (Fsp3) is 0.615. The van der Waals surface area contributed by atoms with Crippen LogP contribution < -0.4 is 0 Å². The summed E-state index contributed by atoms with van der Waals surface area (Å²) in [6.07, 6.45) is 8.51. The van der Waals surface area contributed by atoms with Gasteiger partial charge < -0.3 is 14.6 Å². The molecule has 0 saturated carbocycles. The predicted molar refractivity (Wildman–Crippen MR) is 70.5 cm³/mol. The van der Waals surface area contributed by atoms with Crippen molar-refractivity contribution in [3.63, 3.8) is 0 Å². The summed E-state index contributed by atoms with van der Waals surface area (Å²) in [6, 6.07) is 0.342. The largest absolute Gasteiger partial charge is 0.333 e. The lowest BCUT2D eigenvalue weighted by Gasteiger charge is -2.38. The molecule has 3 rings (SSSR count). The van der Waals surface area contributed by atoms with Gasteiger partial charge >= 0.3 is 0 Å². The van der Waals surface area contributed by atoms with Gasteiger partial charge in [-0.15, -0.1) is 0 Å². The third-order valence-corrected chi connectivity index (χ3v) is 3.63.